The van der Waals surface area contributed by atoms with Crippen molar-refractivity contribution in [1.82, 2.24) is 5.43 Å². The summed E-state index contributed by atoms with van der Waals surface area (Å²) in [6.45, 7) is 0. The van der Waals surface area contributed by atoms with Crippen LogP contribution in [0.3, 0.4) is 0 Å². The smallest absolute Gasteiger partial charge is 0.123 e. The second-order valence-electron chi connectivity index (χ2n) is 3.72. The van der Waals surface area contributed by atoms with E-state index in [1.165, 1.54) is 17.7 Å². The molecule has 90 valence electrons. The van der Waals surface area contributed by atoms with Crippen LogP contribution in [0.25, 0.3) is 0 Å². The van der Waals surface area contributed by atoms with Crippen molar-refractivity contribution in [3.63, 3.8) is 0 Å². The third-order valence-corrected chi connectivity index (χ3v) is 4.01. The first-order chi connectivity index (χ1) is 8.20. The summed E-state index contributed by atoms with van der Waals surface area (Å²) in [6, 6.07) is 6.56. The molecule has 1 heterocycles. The van der Waals surface area contributed by atoms with Crippen LogP contribution in [0.1, 0.15) is 17.2 Å². The minimum Gasteiger partial charge on any atom is -0.271 e. The van der Waals surface area contributed by atoms with Gasteiger partial charge in [-0.3, -0.25) is 11.3 Å². The van der Waals surface area contributed by atoms with E-state index in [1.807, 2.05) is 11.4 Å². The van der Waals surface area contributed by atoms with E-state index in [-0.39, 0.29) is 11.9 Å². The molecule has 17 heavy (non-hydrogen) atoms. The van der Waals surface area contributed by atoms with Gasteiger partial charge in [-0.15, -0.1) is 0 Å². The zero-order valence-electron chi connectivity index (χ0n) is 8.99. The van der Waals surface area contributed by atoms with Crippen molar-refractivity contribution in [3.05, 3.63) is 56.4 Å². The van der Waals surface area contributed by atoms with Gasteiger partial charge in [0, 0.05) is 4.47 Å². The van der Waals surface area contributed by atoms with E-state index in [0.717, 1.165) is 16.5 Å². The normalized spacial score (nSPS) is 12.6. The van der Waals surface area contributed by atoms with Crippen LogP contribution in [0, 0.1) is 5.82 Å². The summed E-state index contributed by atoms with van der Waals surface area (Å²) >= 11 is 5.06. The Kier molecular flexibility index (Phi) is 4.28. The Morgan fingerprint density at radius 3 is 2.88 bits per heavy atom. The zero-order chi connectivity index (χ0) is 12.3. The fraction of sp³-hybridized carbons (Fsp3) is 0.167. The highest BCUT2D eigenvalue weighted by atomic mass is 79.9. The quantitative estimate of drug-likeness (QED) is 0.670. The SMILES string of the molecule is NNC(Cc1ccsc1)c1cc(F)ccc1Br. The minimum absolute atomic E-state index is 0.102. The van der Waals surface area contributed by atoms with Crippen LogP contribution in [-0.2, 0) is 6.42 Å². The summed E-state index contributed by atoms with van der Waals surface area (Å²) in [7, 11) is 0. The van der Waals surface area contributed by atoms with E-state index in [1.54, 1.807) is 17.4 Å². The molecule has 2 nitrogen and oxygen atoms in total. The van der Waals surface area contributed by atoms with Crippen molar-refractivity contribution in [3.8, 4) is 0 Å². The maximum absolute atomic E-state index is 13.2. The molecule has 0 aliphatic carbocycles. The zero-order valence-corrected chi connectivity index (χ0v) is 11.4. The van der Waals surface area contributed by atoms with Crippen LogP contribution in [0.2, 0.25) is 0 Å². The second kappa shape index (κ2) is 5.73. The number of hydrogen-bond acceptors (Lipinski definition) is 3. The van der Waals surface area contributed by atoms with Crippen molar-refractivity contribution in [2.45, 2.75) is 12.5 Å². The van der Waals surface area contributed by atoms with E-state index in [0.29, 0.717) is 0 Å². The first kappa shape index (κ1) is 12.7. The molecule has 0 spiro atoms. The number of hydrazine groups is 1. The number of hydrogen-bond donors (Lipinski definition) is 2. The molecule has 0 aliphatic rings. The molecule has 0 saturated heterocycles. The van der Waals surface area contributed by atoms with Gasteiger partial charge in [-0.05, 0) is 52.6 Å². The van der Waals surface area contributed by atoms with Crippen LogP contribution in [0.5, 0.6) is 0 Å². The summed E-state index contributed by atoms with van der Waals surface area (Å²) < 4.78 is 14.1. The van der Waals surface area contributed by atoms with Crippen molar-refractivity contribution in [2.24, 2.45) is 5.84 Å². The fourth-order valence-electron chi connectivity index (χ4n) is 1.68. The molecule has 2 rings (SSSR count). The van der Waals surface area contributed by atoms with E-state index in [2.05, 4.69) is 26.7 Å². The van der Waals surface area contributed by atoms with Crippen LogP contribution < -0.4 is 11.3 Å². The Balaban J connectivity index is 2.25. The summed E-state index contributed by atoms with van der Waals surface area (Å²) in [5.74, 6) is 5.29. The molecule has 2 aromatic rings. The van der Waals surface area contributed by atoms with Crippen molar-refractivity contribution in [2.75, 3.05) is 0 Å². The third kappa shape index (κ3) is 3.13. The van der Waals surface area contributed by atoms with Gasteiger partial charge < -0.3 is 0 Å². The Bertz CT molecular complexity index is 487. The molecule has 3 N–H and O–H groups in total. The van der Waals surface area contributed by atoms with Gasteiger partial charge in [-0.2, -0.15) is 11.3 Å². The van der Waals surface area contributed by atoms with Gasteiger partial charge in [0.05, 0.1) is 6.04 Å². The molecule has 0 amide bonds. The first-order valence-electron chi connectivity index (χ1n) is 5.13. The third-order valence-electron chi connectivity index (χ3n) is 2.55. The summed E-state index contributed by atoms with van der Waals surface area (Å²) in [6.07, 6.45) is 0.738. The van der Waals surface area contributed by atoms with E-state index in [4.69, 9.17) is 5.84 Å². The van der Waals surface area contributed by atoms with Gasteiger partial charge in [-0.25, -0.2) is 4.39 Å². The van der Waals surface area contributed by atoms with Gasteiger partial charge in [0.2, 0.25) is 0 Å². The highest BCUT2D eigenvalue weighted by Crippen LogP contribution is 2.27. The van der Waals surface area contributed by atoms with Crippen LogP contribution in [0.4, 0.5) is 4.39 Å². The monoisotopic (exact) mass is 314 g/mol. The molecule has 1 aromatic heterocycles. The lowest BCUT2D eigenvalue weighted by molar-refractivity contribution is 0.543. The topological polar surface area (TPSA) is 38.0 Å². The number of thiophene rings is 1. The van der Waals surface area contributed by atoms with Gasteiger partial charge in [0.15, 0.2) is 0 Å². The number of halogens is 2. The molecule has 1 atom stereocenters. The Labute approximate surface area is 112 Å². The maximum atomic E-state index is 13.2. The van der Waals surface area contributed by atoms with Gasteiger partial charge in [0.1, 0.15) is 5.82 Å². The van der Waals surface area contributed by atoms with E-state index >= 15 is 0 Å². The van der Waals surface area contributed by atoms with E-state index in [9.17, 15) is 4.39 Å². The highest BCUT2D eigenvalue weighted by molar-refractivity contribution is 9.10. The molecular weight excluding hydrogens is 303 g/mol. The minimum atomic E-state index is -0.256. The van der Waals surface area contributed by atoms with Gasteiger partial charge in [-0.1, -0.05) is 15.9 Å². The van der Waals surface area contributed by atoms with E-state index < -0.39 is 0 Å². The molecular formula is C12H12BrFN2S. The van der Waals surface area contributed by atoms with Gasteiger partial charge in [0.25, 0.3) is 0 Å². The Hall–Kier alpha value is -0.750. The largest absolute Gasteiger partial charge is 0.271 e. The lowest BCUT2D eigenvalue weighted by Gasteiger charge is -2.17. The lowest BCUT2D eigenvalue weighted by atomic mass is 10.0. The highest BCUT2D eigenvalue weighted by Gasteiger charge is 2.14. The molecule has 1 unspecified atom stereocenters. The predicted octanol–water partition coefficient (Wildman–Crippen LogP) is 3.40. The predicted molar refractivity (Wildman–Crippen MR) is 72.2 cm³/mol. The van der Waals surface area contributed by atoms with Crippen molar-refractivity contribution in [1.29, 1.82) is 0 Å². The van der Waals surface area contributed by atoms with Crippen LogP contribution in [0.15, 0.2) is 39.5 Å². The van der Waals surface area contributed by atoms with Crippen LogP contribution in [-0.4, -0.2) is 0 Å². The Morgan fingerprint density at radius 1 is 1.41 bits per heavy atom. The molecule has 0 aliphatic heterocycles. The van der Waals surface area contributed by atoms with Crippen LogP contribution >= 0.6 is 27.3 Å². The van der Waals surface area contributed by atoms with Crippen molar-refractivity contribution >= 4 is 27.3 Å². The summed E-state index contributed by atoms with van der Waals surface area (Å²) in [5, 5.41) is 4.08. The molecule has 0 radical (unpaired) electrons. The molecule has 0 saturated carbocycles. The molecule has 5 heteroatoms. The molecule has 0 fully saturated rings. The average molecular weight is 315 g/mol. The number of rotatable bonds is 4. The summed E-state index contributed by atoms with van der Waals surface area (Å²) in [4.78, 5) is 0. The standard InChI is InChI=1S/C12H12BrFN2S/c13-11-2-1-9(14)6-10(11)12(16-15)5-8-3-4-17-7-8/h1-4,6-7,12,16H,5,15H2. The maximum Gasteiger partial charge on any atom is 0.123 e. The van der Waals surface area contributed by atoms with Crippen molar-refractivity contribution < 1.29 is 4.39 Å². The lowest BCUT2D eigenvalue weighted by Crippen LogP contribution is -2.29. The number of nitrogens with two attached hydrogens (primary N) is 1. The van der Waals surface area contributed by atoms with Gasteiger partial charge >= 0.3 is 0 Å². The average Bonchev–Trinajstić information content (AvgIpc) is 2.82. The fourth-order valence-corrected chi connectivity index (χ4v) is 2.89. The molecule has 0 bridgehead atoms. The number of nitrogens with one attached hydrogen (secondary N) is 1. The molecule has 1 aromatic carbocycles. The number of benzene rings is 1. The Morgan fingerprint density at radius 2 is 2.24 bits per heavy atom. The first-order valence-corrected chi connectivity index (χ1v) is 6.86. The summed E-state index contributed by atoms with van der Waals surface area (Å²) in [5.41, 5.74) is 4.75. The second-order valence-corrected chi connectivity index (χ2v) is 5.36.